The Morgan fingerprint density at radius 3 is 2.61 bits per heavy atom. The zero-order valence-corrected chi connectivity index (χ0v) is 13.5. The number of nitrogens with zero attached hydrogens (tertiary/aromatic N) is 1. The van der Waals surface area contributed by atoms with E-state index < -0.39 is 4.92 Å². The van der Waals surface area contributed by atoms with Gasteiger partial charge in [-0.05, 0) is 63.7 Å². The number of ether oxygens (including phenoxy) is 1. The Hall–Kier alpha value is -1.95. The monoisotopic (exact) mass is 318 g/mol. The van der Waals surface area contributed by atoms with Crippen molar-refractivity contribution in [2.24, 2.45) is 11.8 Å². The molecule has 1 aromatic rings. The molecule has 1 saturated heterocycles. The summed E-state index contributed by atoms with van der Waals surface area (Å²) in [5.74, 6) is 0.652. The molecule has 1 N–H and O–H groups in total. The average Bonchev–Trinajstić information content (AvgIpc) is 2.83. The minimum atomic E-state index is -0.469. The summed E-state index contributed by atoms with van der Waals surface area (Å²) >= 11 is 0. The van der Waals surface area contributed by atoms with Gasteiger partial charge >= 0.3 is 5.69 Å². The lowest BCUT2D eigenvalue weighted by atomic mass is 9.82. The highest BCUT2D eigenvalue weighted by Crippen LogP contribution is 2.40. The van der Waals surface area contributed by atoms with Crippen LogP contribution in [-0.4, -0.2) is 29.9 Å². The van der Waals surface area contributed by atoms with Crippen molar-refractivity contribution in [3.8, 4) is 5.75 Å². The number of Topliss-reactive ketones (excluding diaryl/α,β-unsaturated/α-hetero) is 1. The molecule has 0 bridgehead atoms. The molecule has 6 heteroatoms. The van der Waals surface area contributed by atoms with Crippen molar-refractivity contribution in [3.05, 3.63) is 33.4 Å². The van der Waals surface area contributed by atoms with Gasteiger partial charge in [-0.2, -0.15) is 0 Å². The number of rotatable bonds is 4. The number of fused-ring (bicyclic) bond motifs is 1. The van der Waals surface area contributed by atoms with Crippen LogP contribution in [0.5, 0.6) is 5.75 Å². The summed E-state index contributed by atoms with van der Waals surface area (Å²) in [4.78, 5) is 23.6. The maximum atomic E-state index is 12.7. The Kier molecular flexibility index (Phi) is 4.35. The highest BCUT2D eigenvalue weighted by atomic mass is 16.6. The van der Waals surface area contributed by atoms with Gasteiger partial charge in [0.25, 0.3) is 0 Å². The lowest BCUT2D eigenvalue weighted by molar-refractivity contribution is -0.386. The van der Waals surface area contributed by atoms with Gasteiger partial charge < -0.3 is 10.1 Å². The van der Waals surface area contributed by atoms with Crippen LogP contribution >= 0.6 is 0 Å². The highest BCUT2D eigenvalue weighted by Gasteiger charge is 2.38. The fourth-order valence-electron chi connectivity index (χ4n) is 3.66. The molecule has 1 aromatic carbocycles. The van der Waals surface area contributed by atoms with Crippen molar-refractivity contribution in [1.82, 2.24) is 5.32 Å². The molecule has 0 radical (unpaired) electrons. The molecule has 1 heterocycles. The summed E-state index contributed by atoms with van der Waals surface area (Å²) in [5.41, 5.74) is 1.29. The lowest BCUT2D eigenvalue weighted by Gasteiger charge is -2.26. The first-order chi connectivity index (χ1) is 11.0. The third-order valence-corrected chi connectivity index (χ3v) is 4.74. The van der Waals surface area contributed by atoms with Crippen LogP contribution in [0.2, 0.25) is 0 Å². The van der Waals surface area contributed by atoms with Gasteiger partial charge in [0.15, 0.2) is 11.5 Å². The number of nitro groups is 1. The van der Waals surface area contributed by atoms with E-state index in [0.717, 1.165) is 31.5 Å². The molecule has 6 nitrogen and oxygen atoms in total. The molecule has 3 rings (SSSR count). The summed E-state index contributed by atoms with van der Waals surface area (Å²) in [6, 6.07) is 3.11. The van der Waals surface area contributed by atoms with Crippen LogP contribution in [0.3, 0.4) is 0 Å². The number of hydrogen-bond donors (Lipinski definition) is 1. The van der Waals surface area contributed by atoms with E-state index in [2.05, 4.69) is 5.32 Å². The second kappa shape index (κ2) is 6.28. The van der Waals surface area contributed by atoms with Crippen molar-refractivity contribution in [2.75, 3.05) is 13.1 Å². The minimum Gasteiger partial charge on any atom is -0.484 e. The smallest absolute Gasteiger partial charge is 0.311 e. The van der Waals surface area contributed by atoms with Gasteiger partial charge in [-0.25, -0.2) is 0 Å². The molecule has 23 heavy (non-hydrogen) atoms. The number of nitrogens with one attached hydrogen (secondary N) is 1. The topological polar surface area (TPSA) is 81.5 Å². The first kappa shape index (κ1) is 15.9. The van der Waals surface area contributed by atoms with E-state index in [0.29, 0.717) is 17.9 Å². The van der Waals surface area contributed by atoms with Crippen LogP contribution in [0.1, 0.15) is 42.6 Å². The fraction of sp³-hybridized carbons (Fsp3) is 0.588. The molecule has 0 spiro atoms. The summed E-state index contributed by atoms with van der Waals surface area (Å²) in [6.07, 6.45) is 2.50. The van der Waals surface area contributed by atoms with E-state index in [4.69, 9.17) is 4.74 Å². The molecular weight excluding hydrogens is 296 g/mol. The van der Waals surface area contributed by atoms with E-state index in [1.165, 1.54) is 6.07 Å². The molecule has 0 aromatic heterocycles. The second-order valence-corrected chi connectivity index (χ2v) is 6.66. The number of benzene rings is 1. The number of ketones is 1. The first-order valence-corrected chi connectivity index (χ1v) is 8.20. The standard InChI is InChI=1S/C17H22N2O4/c1-10(2)23-16-8-12-7-13(11-3-5-18-6-4-11)17(20)14(12)9-15(16)19(21)22/h8-11,13,18H,3-7H2,1-2H3. The van der Waals surface area contributed by atoms with Crippen molar-refractivity contribution < 1.29 is 14.5 Å². The van der Waals surface area contributed by atoms with Crippen LogP contribution in [0.25, 0.3) is 0 Å². The summed E-state index contributed by atoms with van der Waals surface area (Å²) in [7, 11) is 0. The van der Waals surface area contributed by atoms with E-state index >= 15 is 0 Å². The Balaban J connectivity index is 1.93. The van der Waals surface area contributed by atoms with Crippen LogP contribution in [0.4, 0.5) is 5.69 Å². The Morgan fingerprint density at radius 1 is 1.30 bits per heavy atom. The van der Waals surface area contributed by atoms with Crippen LogP contribution in [-0.2, 0) is 6.42 Å². The number of piperidine rings is 1. The maximum Gasteiger partial charge on any atom is 0.311 e. The predicted molar refractivity (Wildman–Crippen MR) is 86.0 cm³/mol. The fourth-order valence-corrected chi connectivity index (χ4v) is 3.66. The van der Waals surface area contributed by atoms with Gasteiger partial charge in [0.2, 0.25) is 0 Å². The van der Waals surface area contributed by atoms with Gasteiger partial charge in [-0.3, -0.25) is 14.9 Å². The third kappa shape index (κ3) is 3.08. The maximum absolute atomic E-state index is 12.7. The number of carbonyl (C=O) groups excluding carboxylic acids is 1. The molecule has 2 aliphatic rings. The van der Waals surface area contributed by atoms with Crippen LogP contribution < -0.4 is 10.1 Å². The normalized spacial score (nSPS) is 21.5. The molecule has 1 aliphatic carbocycles. The summed E-state index contributed by atoms with van der Waals surface area (Å²) in [5, 5.41) is 14.6. The first-order valence-electron chi connectivity index (χ1n) is 8.20. The summed E-state index contributed by atoms with van der Waals surface area (Å²) < 4.78 is 5.58. The Labute approximate surface area is 135 Å². The molecule has 1 unspecified atom stereocenters. The SMILES string of the molecule is CC(C)Oc1cc2c(cc1[N+](=O)[O-])C(=O)C(C1CCNCC1)C2. The zero-order chi connectivity index (χ0) is 16.6. The number of nitro benzene ring substituents is 1. The molecule has 1 atom stereocenters. The Morgan fingerprint density at radius 2 is 2.00 bits per heavy atom. The number of carbonyl (C=O) groups is 1. The Bertz CT molecular complexity index is 636. The van der Waals surface area contributed by atoms with Gasteiger partial charge in [-0.15, -0.1) is 0 Å². The van der Waals surface area contributed by atoms with Gasteiger partial charge in [0.05, 0.1) is 11.0 Å². The van der Waals surface area contributed by atoms with E-state index in [-0.39, 0.29) is 29.2 Å². The highest BCUT2D eigenvalue weighted by molar-refractivity contribution is 6.03. The van der Waals surface area contributed by atoms with Crippen molar-refractivity contribution in [2.45, 2.75) is 39.2 Å². The van der Waals surface area contributed by atoms with Gasteiger partial charge in [0.1, 0.15) is 0 Å². The predicted octanol–water partition coefficient (Wildman–Crippen LogP) is 2.74. The molecule has 1 aliphatic heterocycles. The average molecular weight is 318 g/mol. The third-order valence-electron chi connectivity index (χ3n) is 4.74. The van der Waals surface area contributed by atoms with E-state index in [9.17, 15) is 14.9 Å². The van der Waals surface area contributed by atoms with Gasteiger partial charge in [0, 0.05) is 17.5 Å². The molecule has 0 saturated carbocycles. The molecule has 0 amide bonds. The van der Waals surface area contributed by atoms with Crippen molar-refractivity contribution in [3.63, 3.8) is 0 Å². The van der Waals surface area contributed by atoms with Crippen molar-refractivity contribution in [1.29, 1.82) is 0 Å². The van der Waals surface area contributed by atoms with Crippen LogP contribution in [0, 0.1) is 22.0 Å². The lowest BCUT2D eigenvalue weighted by Crippen LogP contribution is -2.33. The van der Waals surface area contributed by atoms with Crippen molar-refractivity contribution >= 4 is 11.5 Å². The zero-order valence-electron chi connectivity index (χ0n) is 13.5. The van der Waals surface area contributed by atoms with E-state index in [1.54, 1.807) is 6.07 Å². The number of hydrogen-bond acceptors (Lipinski definition) is 5. The second-order valence-electron chi connectivity index (χ2n) is 6.66. The molecular formula is C17H22N2O4. The van der Waals surface area contributed by atoms with E-state index in [1.807, 2.05) is 13.8 Å². The quantitative estimate of drug-likeness (QED) is 0.682. The molecule has 1 fully saturated rings. The largest absolute Gasteiger partial charge is 0.484 e. The van der Waals surface area contributed by atoms with Gasteiger partial charge in [-0.1, -0.05) is 0 Å². The molecule has 124 valence electrons. The van der Waals surface area contributed by atoms with Crippen LogP contribution in [0.15, 0.2) is 12.1 Å². The summed E-state index contributed by atoms with van der Waals surface area (Å²) in [6.45, 7) is 5.54. The minimum absolute atomic E-state index is 0.0407.